The third kappa shape index (κ3) is 3.53. The van der Waals surface area contributed by atoms with E-state index in [1.807, 2.05) is 13.0 Å². The van der Waals surface area contributed by atoms with Gasteiger partial charge >= 0.3 is 0 Å². The summed E-state index contributed by atoms with van der Waals surface area (Å²) < 4.78 is 13.3. The lowest BCUT2D eigenvalue weighted by Crippen LogP contribution is -2.38. The number of rotatable bonds is 5. The highest BCUT2D eigenvalue weighted by Crippen LogP contribution is 2.29. The second-order valence-corrected chi connectivity index (χ2v) is 5.52. The summed E-state index contributed by atoms with van der Waals surface area (Å²) in [4.78, 5) is 0. The van der Waals surface area contributed by atoms with Crippen LogP contribution in [0.3, 0.4) is 0 Å². The van der Waals surface area contributed by atoms with Gasteiger partial charge in [-0.25, -0.2) is 4.39 Å². The van der Waals surface area contributed by atoms with Crippen molar-refractivity contribution in [2.75, 3.05) is 0 Å². The van der Waals surface area contributed by atoms with Gasteiger partial charge in [-0.2, -0.15) is 0 Å². The minimum absolute atomic E-state index is 0.160. The topological polar surface area (TPSA) is 38.0 Å². The highest BCUT2D eigenvalue weighted by atomic mass is 19.1. The maximum absolute atomic E-state index is 13.3. The van der Waals surface area contributed by atoms with Gasteiger partial charge < -0.3 is 0 Å². The van der Waals surface area contributed by atoms with Crippen molar-refractivity contribution >= 4 is 0 Å². The molecule has 1 fully saturated rings. The van der Waals surface area contributed by atoms with E-state index in [0.717, 1.165) is 29.9 Å². The summed E-state index contributed by atoms with van der Waals surface area (Å²) in [7, 11) is 0. The number of nitrogens with two attached hydrogens (primary N) is 1. The third-order valence-corrected chi connectivity index (χ3v) is 4.11. The molecule has 1 unspecified atom stereocenters. The quantitative estimate of drug-likeness (QED) is 0.622. The van der Waals surface area contributed by atoms with Crippen molar-refractivity contribution in [1.29, 1.82) is 0 Å². The van der Waals surface area contributed by atoms with Crippen LogP contribution in [0.25, 0.3) is 0 Å². The monoisotopic (exact) mass is 250 g/mol. The maximum atomic E-state index is 13.3. The number of aryl methyl sites for hydroxylation is 1. The fourth-order valence-corrected chi connectivity index (χ4v) is 2.98. The van der Waals surface area contributed by atoms with Gasteiger partial charge in [-0.1, -0.05) is 31.7 Å². The van der Waals surface area contributed by atoms with Crippen molar-refractivity contribution in [3.05, 3.63) is 35.1 Å². The summed E-state index contributed by atoms with van der Waals surface area (Å²) in [5.74, 6) is 6.27. The Kier molecular flexibility index (Phi) is 4.72. The van der Waals surface area contributed by atoms with E-state index in [1.165, 1.54) is 31.7 Å². The molecule has 0 spiro atoms. The molecular weight excluding hydrogens is 227 g/mol. The molecule has 1 atom stereocenters. The van der Waals surface area contributed by atoms with Crippen molar-refractivity contribution in [3.8, 4) is 0 Å². The molecule has 1 saturated carbocycles. The zero-order valence-electron chi connectivity index (χ0n) is 11.1. The van der Waals surface area contributed by atoms with Crippen molar-refractivity contribution in [2.24, 2.45) is 11.8 Å². The zero-order chi connectivity index (χ0) is 13.0. The molecule has 1 aliphatic rings. The molecule has 0 amide bonds. The summed E-state index contributed by atoms with van der Waals surface area (Å²) >= 11 is 0. The Bertz CT molecular complexity index is 386. The summed E-state index contributed by atoms with van der Waals surface area (Å²) in [6.07, 6.45) is 7.26. The fourth-order valence-electron chi connectivity index (χ4n) is 2.98. The SMILES string of the molecule is Cc1ccc(F)cc1CC(CC1CCCC1)NN. The minimum Gasteiger partial charge on any atom is -0.271 e. The highest BCUT2D eigenvalue weighted by molar-refractivity contribution is 5.27. The molecule has 0 heterocycles. The van der Waals surface area contributed by atoms with Crippen molar-refractivity contribution in [2.45, 2.75) is 51.5 Å². The van der Waals surface area contributed by atoms with Crippen LogP contribution in [0.5, 0.6) is 0 Å². The lowest BCUT2D eigenvalue weighted by Gasteiger charge is -2.20. The van der Waals surface area contributed by atoms with E-state index >= 15 is 0 Å². The first kappa shape index (κ1) is 13.5. The van der Waals surface area contributed by atoms with Crippen LogP contribution in [-0.2, 0) is 6.42 Å². The smallest absolute Gasteiger partial charge is 0.123 e. The third-order valence-electron chi connectivity index (χ3n) is 4.11. The van der Waals surface area contributed by atoms with Crippen LogP contribution in [0.1, 0.15) is 43.2 Å². The number of hydrogen-bond acceptors (Lipinski definition) is 2. The molecule has 100 valence electrons. The first-order valence-corrected chi connectivity index (χ1v) is 6.90. The number of halogens is 1. The zero-order valence-corrected chi connectivity index (χ0v) is 11.1. The molecule has 0 aromatic heterocycles. The molecule has 0 radical (unpaired) electrons. The Morgan fingerprint density at radius 1 is 1.39 bits per heavy atom. The maximum Gasteiger partial charge on any atom is 0.123 e. The van der Waals surface area contributed by atoms with Crippen LogP contribution in [0.4, 0.5) is 4.39 Å². The Morgan fingerprint density at radius 2 is 2.11 bits per heavy atom. The van der Waals surface area contributed by atoms with E-state index in [2.05, 4.69) is 5.43 Å². The van der Waals surface area contributed by atoms with Crippen LogP contribution in [-0.4, -0.2) is 6.04 Å². The van der Waals surface area contributed by atoms with Gasteiger partial charge in [0.05, 0.1) is 0 Å². The predicted molar refractivity (Wildman–Crippen MR) is 72.5 cm³/mol. The van der Waals surface area contributed by atoms with Crippen molar-refractivity contribution in [3.63, 3.8) is 0 Å². The van der Waals surface area contributed by atoms with Gasteiger partial charge in [-0.05, 0) is 48.9 Å². The normalized spacial score (nSPS) is 18.2. The van der Waals surface area contributed by atoms with Gasteiger partial charge in [-0.3, -0.25) is 11.3 Å². The minimum atomic E-state index is -0.160. The van der Waals surface area contributed by atoms with Gasteiger partial charge in [-0.15, -0.1) is 0 Å². The van der Waals surface area contributed by atoms with Gasteiger partial charge in [0.25, 0.3) is 0 Å². The Hall–Kier alpha value is -0.930. The largest absolute Gasteiger partial charge is 0.271 e. The Labute approximate surface area is 109 Å². The standard InChI is InChI=1S/C15H23FN2/c1-11-6-7-14(16)9-13(11)10-15(18-17)8-12-4-2-3-5-12/h6-7,9,12,15,18H,2-5,8,10,17H2,1H3. The van der Waals surface area contributed by atoms with Gasteiger partial charge in [0, 0.05) is 6.04 Å². The van der Waals surface area contributed by atoms with Crippen LogP contribution >= 0.6 is 0 Å². The van der Waals surface area contributed by atoms with Crippen molar-refractivity contribution < 1.29 is 4.39 Å². The average Bonchev–Trinajstić information content (AvgIpc) is 2.85. The van der Waals surface area contributed by atoms with Gasteiger partial charge in [0.1, 0.15) is 5.82 Å². The van der Waals surface area contributed by atoms with Crippen LogP contribution < -0.4 is 11.3 Å². The van der Waals surface area contributed by atoms with E-state index < -0.39 is 0 Å². The van der Waals surface area contributed by atoms with E-state index in [9.17, 15) is 4.39 Å². The van der Waals surface area contributed by atoms with E-state index in [0.29, 0.717) is 0 Å². The van der Waals surface area contributed by atoms with Gasteiger partial charge in [0.15, 0.2) is 0 Å². The highest BCUT2D eigenvalue weighted by Gasteiger charge is 2.20. The summed E-state index contributed by atoms with van der Waals surface area (Å²) in [6, 6.07) is 5.25. The fraction of sp³-hybridized carbons (Fsp3) is 0.600. The molecule has 2 rings (SSSR count). The Morgan fingerprint density at radius 3 is 2.78 bits per heavy atom. The summed E-state index contributed by atoms with van der Waals surface area (Å²) in [6.45, 7) is 2.03. The van der Waals surface area contributed by atoms with Crippen molar-refractivity contribution in [1.82, 2.24) is 5.43 Å². The van der Waals surface area contributed by atoms with E-state index in [1.54, 1.807) is 6.07 Å². The molecule has 1 aromatic carbocycles. The molecule has 0 aliphatic heterocycles. The van der Waals surface area contributed by atoms with E-state index in [-0.39, 0.29) is 11.9 Å². The molecule has 1 aromatic rings. The van der Waals surface area contributed by atoms with Crippen LogP contribution in [0, 0.1) is 18.7 Å². The molecule has 3 N–H and O–H groups in total. The molecule has 0 bridgehead atoms. The second-order valence-electron chi connectivity index (χ2n) is 5.52. The first-order valence-electron chi connectivity index (χ1n) is 6.90. The lowest BCUT2D eigenvalue weighted by atomic mass is 9.93. The summed E-state index contributed by atoms with van der Waals surface area (Å²) in [5, 5.41) is 0. The molecule has 0 saturated heterocycles. The molecule has 18 heavy (non-hydrogen) atoms. The summed E-state index contributed by atoms with van der Waals surface area (Å²) in [5.41, 5.74) is 5.11. The van der Waals surface area contributed by atoms with Crippen LogP contribution in [0.15, 0.2) is 18.2 Å². The molecular formula is C15H23FN2. The first-order chi connectivity index (χ1) is 8.69. The van der Waals surface area contributed by atoms with E-state index in [4.69, 9.17) is 5.84 Å². The predicted octanol–water partition coefficient (Wildman–Crippen LogP) is 3.09. The number of benzene rings is 1. The van der Waals surface area contributed by atoms with Gasteiger partial charge in [0.2, 0.25) is 0 Å². The molecule has 2 nitrogen and oxygen atoms in total. The molecule has 1 aliphatic carbocycles. The second kappa shape index (κ2) is 6.30. The number of hydrazine groups is 1. The Balaban J connectivity index is 1.98. The van der Waals surface area contributed by atoms with Crippen LogP contribution in [0.2, 0.25) is 0 Å². The number of nitrogens with one attached hydrogen (secondary N) is 1. The average molecular weight is 250 g/mol. The lowest BCUT2D eigenvalue weighted by molar-refractivity contribution is 0.389. The molecule has 3 heteroatoms. The number of hydrogen-bond donors (Lipinski definition) is 2.